The fourth-order valence-electron chi connectivity index (χ4n) is 2.38. The number of rotatable bonds is 5. The fraction of sp³-hybridized carbons (Fsp3) is 0.500. The number of benzene rings is 1. The molecule has 0 aliphatic heterocycles. The maximum absolute atomic E-state index is 12.2. The largest absolute Gasteiger partial charge is 0.399 e. The minimum Gasteiger partial charge on any atom is -0.399 e. The smallest absolute Gasteiger partial charge is 0.328 e. The number of imidazole rings is 1. The van der Waals surface area contributed by atoms with Gasteiger partial charge in [0.1, 0.15) is 0 Å². The molecule has 0 aliphatic rings. The van der Waals surface area contributed by atoms with Gasteiger partial charge in [-0.1, -0.05) is 0 Å². The first-order chi connectivity index (χ1) is 9.35. The van der Waals surface area contributed by atoms with Crippen molar-refractivity contribution in [3.63, 3.8) is 0 Å². The SMILES string of the molecule is COCC(C)(O)CCn1c(=O)n(C)c2ccc(N)cc21. The van der Waals surface area contributed by atoms with E-state index < -0.39 is 5.60 Å². The van der Waals surface area contributed by atoms with Crippen LogP contribution in [0.25, 0.3) is 11.0 Å². The van der Waals surface area contributed by atoms with E-state index in [4.69, 9.17) is 10.5 Å². The van der Waals surface area contributed by atoms with Crippen LogP contribution in [0.2, 0.25) is 0 Å². The summed E-state index contributed by atoms with van der Waals surface area (Å²) in [6.07, 6.45) is 0.425. The lowest BCUT2D eigenvalue weighted by Crippen LogP contribution is -2.33. The topological polar surface area (TPSA) is 82.4 Å². The average molecular weight is 279 g/mol. The molecule has 0 fully saturated rings. The van der Waals surface area contributed by atoms with Gasteiger partial charge in [-0.3, -0.25) is 9.13 Å². The van der Waals surface area contributed by atoms with Gasteiger partial charge in [0.05, 0.1) is 23.2 Å². The van der Waals surface area contributed by atoms with Gasteiger partial charge in [-0.2, -0.15) is 0 Å². The van der Waals surface area contributed by atoms with Crippen LogP contribution >= 0.6 is 0 Å². The summed E-state index contributed by atoms with van der Waals surface area (Å²) in [4.78, 5) is 12.2. The van der Waals surface area contributed by atoms with Gasteiger partial charge in [0.2, 0.25) is 0 Å². The van der Waals surface area contributed by atoms with E-state index >= 15 is 0 Å². The minimum absolute atomic E-state index is 0.112. The standard InChI is InChI=1S/C14H21N3O3/c1-14(19,9-20-3)6-7-17-12-8-10(15)4-5-11(12)16(2)13(17)18/h4-5,8,19H,6-7,9,15H2,1-3H3. The predicted molar refractivity (Wildman–Crippen MR) is 78.7 cm³/mol. The number of hydrogen-bond donors (Lipinski definition) is 2. The summed E-state index contributed by atoms with van der Waals surface area (Å²) < 4.78 is 8.19. The molecule has 1 aromatic heterocycles. The second kappa shape index (κ2) is 5.30. The molecule has 1 unspecified atom stereocenters. The third-order valence-electron chi connectivity index (χ3n) is 3.50. The van der Waals surface area contributed by atoms with E-state index in [1.165, 1.54) is 0 Å². The first kappa shape index (κ1) is 14.6. The summed E-state index contributed by atoms with van der Waals surface area (Å²) in [6.45, 7) is 2.34. The lowest BCUT2D eigenvalue weighted by molar-refractivity contribution is -0.0252. The van der Waals surface area contributed by atoms with E-state index in [1.54, 1.807) is 42.3 Å². The van der Waals surface area contributed by atoms with Gasteiger partial charge in [0, 0.05) is 26.4 Å². The molecule has 0 spiro atoms. The fourth-order valence-corrected chi connectivity index (χ4v) is 2.38. The van der Waals surface area contributed by atoms with Gasteiger partial charge in [0.15, 0.2) is 0 Å². The van der Waals surface area contributed by atoms with Crippen LogP contribution in [0.4, 0.5) is 5.69 Å². The highest BCUT2D eigenvalue weighted by molar-refractivity contribution is 5.79. The summed E-state index contributed by atoms with van der Waals surface area (Å²) in [6, 6.07) is 5.38. The Morgan fingerprint density at radius 1 is 1.40 bits per heavy atom. The van der Waals surface area contributed by atoms with E-state index in [0.29, 0.717) is 18.7 Å². The second-order valence-corrected chi connectivity index (χ2v) is 5.42. The molecule has 0 saturated heterocycles. The van der Waals surface area contributed by atoms with Crippen LogP contribution in [-0.4, -0.2) is 33.6 Å². The number of nitrogen functional groups attached to an aromatic ring is 1. The van der Waals surface area contributed by atoms with Gasteiger partial charge in [-0.25, -0.2) is 4.79 Å². The van der Waals surface area contributed by atoms with Crippen LogP contribution in [-0.2, 0) is 18.3 Å². The third kappa shape index (κ3) is 2.71. The molecule has 0 amide bonds. The van der Waals surface area contributed by atoms with Crippen molar-refractivity contribution < 1.29 is 9.84 Å². The second-order valence-electron chi connectivity index (χ2n) is 5.42. The zero-order valence-electron chi connectivity index (χ0n) is 12.1. The molecule has 0 aliphatic carbocycles. The van der Waals surface area contributed by atoms with Crippen LogP contribution in [0.3, 0.4) is 0 Å². The number of aromatic nitrogens is 2. The number of anilines is 1. The Balaban J connectivity index is 2.37. The number of nitrogens with two attached hydrogens (primary N) is 1. The maximum Gasteiger partial charge on any atom is 0.328 e. The molecule has 3 N–H and O–H groups in total. The monoisotopic (exact) mass is 279 g/mol. The summed E-state index contributed by atoms with van der Waals surface area (Å²) in [5.74, 6) is 0. The van der Waals surface area contributed by atoms with Crippen molar-refractivity contribution in [2.24, 2.45) is 7.05 Å². The number of methoxy groups -OCH3 is 1. The molecule has 1 atom stereocenters. The molecular weight excluding hydrogens is 258 g/mol. The van der Waals surface area contributed by atoms with Crippen LogP contribution < -0.4 is 11.4 Å². The average Bonchev–Trinajstić information content (AvgIpc) is 2.59. The Kier molecular flexibility index (Phi) is 3.87. The summed E-state index contributed by atoms with van der Waals surface area (Å²) in [5, 5.41) is 10.1. The van der Waals surface area contributed by atoms with Crippen molar-refractivity contribution in [1.29, 1.82) is 0 Å². The molecule has 1 aromatic carbocycles. The molecule has 0 saturated carbocycles. The first-order valence-electron chi connectivity index (χ1n) is 6.52. The maximum atomic E-state index is 12.2. The zero-order valence-corrected chi connectivity index (χ0v) is 12.1. The minimum atomic E-state index is -0.962. The van der Waals surface area contributed by atoms with Crippen molar-refractivity contribution in [2.45, 2.75) is 25.5 Å². The molecule has 6 nitrogen and oxygen atoms in total. The Bertz CT molecular complexity index is 670. The van der Waals surface area contributed by atoms with E-state index in [2.05, 4.69) is 0 Å². The lowest BCUT2D eigenvalue weighted by Gasteiger charge is -2.22. The van der Waals surface area contributed by atoms with Crippen LogP contribution in [0.1, 0.15) is 13.3 Å². The third-order valence-corrected chi connectivity index (χ3v) is 3.50. The first-order valence-corrected chi connectivity index (χ1v) is 6.52. The van der Waals surface area contributed by atoms with Gasteiger partial charge in [-0.15, -0.1) is 0 Å². The van der Waals surface area contributed by atoms with E-state index in [1.807, 2.05) is 6.07 Å². The molecule has 20 heavy (non-hydrogen) atoms. The van der Waals surface area contributed by atoms with Crippen LogP contribution in [0.5, 0.6) is 0 Å². The lowest BCUT2D eigenvalue weighted by atomic mass is 10.0. The van der Waals surface area contributed by atoms with E-state index in [0.717, 1.165) is 11.0 Å². The molecule has 1 heterocycles. The van der Waals surface area contributed by atoms with Crippen LogP contribution in [0.15, 0.2) is 23.0 Å². The summed E-state index contributed by atoms with van der Waals surface area (Å²) >= 11 is 0. The number of aliphatic hydroxyl groups is 1. The molecule has 6 heteroatoms. The normalized spacial score (nSPS) is 14.6. The van der Waals surface area contributed by atoms with Gasteiger partial charge in [-0.05, 0) is 31.5 Å². The Hall–Kier alpha value is -1.79. The van der Waals surface area contributed by atoms with Gasteiger partial charge >= 0.3 is 5.69 Å². The molecule has 0 bridgehead atoms. The highest BCUT2D eigenvalue weighted by Gasteiger charge is 2.21. The Labute approximate surface area is 117 Å². The van der Waals surface area contributed by atoms with Crippen molar-refractivity contribution in [2.75, 3.05) is 19.5 Å². The number of aryl methyl sites for hydroxylation is 2. The molecule has 2 rings (SSSR count). The number of fused-ring (bicyclic) bond motifs is 1. The highest BCUT2D eigenvalue weighted by atomic mass is 16.5. The van der Waals surface area contributed by atoms with Crippen molar-refractivity contribution in [3.05, 3.63) is 28.7 Å². The Morgan fingerprint density at radius 2 is 2.10 bits per heavy atom. The van der Waals surface area contributed by atoms with E-state index in [-0.39, 0.29) is 12.3 Å². The highest BCUT2D eigenvalue weighted by Crippen LogP contribution is 2.18. The Morgan fingerprint density at radius 3 is 2.75 bits per heavy atom. The van der Waals surface area contributed by atoms with E-state index in [9.17, 15) is 9.90 Å². The van der Waals surface area contributed by atoms with Crippen molar-refractivity contribution >= 4 is 16.7 Å². The summed E-state index contributed by atoms with van der Waals surface area (Å²) in [5.41, 5.74) is 6.94. The molecule has 0 radical (unpaired) electrons. The summed E-state index contributed by atoms with van der Waals surface area (Å²) in [7, 11) is 3.27. The molecular formula is C14H21N3O3. The van der Waals surface area contributed by atoms with Crippen molar-refractivity contribution in [3.8, 4) is 0 Å². The van der Waals surface area contributed by atoms with Crippen molar-refractivity contribution in [1.82, 2.24) is 9.13 Å². The number of nitrogens with zero attached hydrogens (tertiary/aromatic N) is 2. The van der Waals surface area contributed by atoms with Crippen LogP contribution in [0, 0.1) is 0 Å². The number of ether oxygens (including phenoxy) is 1. The number of hydrogen-bond acceptors (Lipinski definition) is 4. The zero-order chi connectivity index (χ0) is 14.9. The predicted octanol–water partition coefficient (Wildman–Crippen LogP) is 0.710. The quantitative estimate of drug-likeness (QED) is 0.790. The molecule has 110 valence electrons. The van der Waals surface area contributed by atoms with Gasteiger partial charge in [0.25, 0.3) is 0 Å². The van der Waals surface area contributed by atoms with Gasteiger partial charge < -0.3 is 15.6 Å². The molecule has 2 aromatic rings.